The zero-order valence-corrected chi connectivity index (χ0v) is 23.2. The van der Waals surface area contributed by atoms with Crippen LogP contribution in [0.2, 0.25) is 0 Å². The number of carbonyl (C=O) groups excluding carboxylic acids is 1. The average Bonchev–Trinajstić information content (AvgIpc) is 3.38. The second-order valence-electron chi connectivity index (χ2n) is 10.7. The van der Waals surface area contributed by atoms with Gasteiger partial charge in [0.25, 0.3) is 5.91 Å². The number of hydrogen-bond donors (Lipinski definition) is 1. The zero-order chi connectivity index (χ0) is 26.2. The molecule has 1 amide bonds. The van der Waals surface area contributed by atoms with E-state index < -0.39 is 0 Å². The molecule has 1 N–H and O–H groups in total. The second-order valence-corrected chi connectivity index (χ2v) is 11.8. The number of carbonyl (C=O) groups is 1. The van der Waals surface area contributed by atoms with Crippen LogP contribution < -0.4 is 5.32 Å². The van der Waals surface area contributed by atoms with E-state index in [1.54, 1.807) is 11.8 Å². The van der Waals surface area contributed by atoms with Gasteiger partial charge in [-0.05, 0) is 85.4 Å². The molecule has 5 heteroatoms. The predicted octanol–water partition coefficient (Wildman–Crippen LogP) is 8.14. The Labute approximate surface area is 229 Å². The lowest BCUT2D eigenvalue weighted by atomic mass is 9.85. The Bertz CT molecular complexity index is 1510. The van der Waals surface area contributed by atoms with E-state index in [9.17, 15) is 4.79 Å². The van der Waals surface area contributed by atoms with Gasteiger partial charge in [0, 0.05) is 28.8 Å². The molecule has 1 aromatic heterocycles. The summed E-state index contributed by atoms with van der Waals surface area (Å²) in [5, 5.41) is 6.12. The number of thioether (sulfide) groups is 1. The molecule has 4 aromatic rings. The third-order valence-electron chi connectivity index (χ3n) is 8.17. The molecular weight excluding hydrogens is 486 g/mol. The third-order valence-corrected chi connectivity index (χ3v) is 9.29. The van der Waals surface area contributed by atoms with Gasteiger partial charge in [0.2, 0.25) is 0 Å². The number of para-hydroxylation sites is 1. The number of rotatable bonds is 5. The van der Waals surface area contributed by atoms with Crippen LogP contribution >= 0.6 is 11.8 Å². The maximum atomic E-state index is 14.0. The van der Waals surface area contributed by atoms with E-state index in [4.69, 9.17) is 0 Å². The molecule has 38 heavy (non-hydrogen) atoms. The molecule has 2 fully saturated rings. The summed E-state index contributed by atoms with van der Waals surface area (Å²) in [6.07, 6.45) is 6.81. The van der Waals surface area contributed by atoms with Gasteiger partial charge in [-0.1, -0.05) is 80.1 Å². The summed E-state index contributed by atoms with van der Waals surface area (Å²) in [7, 11) is 0. The Morgan fingerprint density at radius 1 is 0.895 bits per heavy atom. The highest BCUT2D eigenvalue weighted by molar-refractivity contribution is 8.05. The van der Waals surface area contributed by atoms with Crippen molar-refractivity contribution in [2.75, 3.05) is 5.32 Å². The average molecular weight is 522 g/mol. The number of aryl methyl sites for hydroxylation is 1. The maximum absolute atomic E-state index is 14.0. The van der Waals surface area contributed by atoms with Crippen LogP contribution in [-0.4, -0.2) is 26.9 Å². The van der Waals surface area contributed by atoms with Crippen LogP contribution in [0.15, 0.2) is 83.8 Å². The van der Waals surface area contributed by atoms with Crippen molar-refractivity contribution in [3.8, 4) is 5.69 Å². The summed E-state index contributed by atoms with van der Waals surface area (Å²) < 4.78 is 2.30. The number of nitrogens with one attached hydrogen (secondary N) is 1. The van der Waals surface area contributed by atoms with E-state index in [2.05, 4.69) is 102 Å². The Hall–Kier alpha value is -3.44. The fourth-order valence-corrected chi connectivity index (χ4v) is 7.36. The number of hydrogen-bond acceptors (Lipinski definition) is 3. The molecule has 0 spiro atoms. The van der Waals surface area contributed by atoms with Gasteiger partial charge >= 0.3 is 0 Å². The molecule has 1 unspecified atom stereocenters. The van der Waals surface area contributed by atoms with Gasteiger partial charge in [-0.2, -0.15) is 0 Å². The van der Waals surface area contributed by atoms with Crippen molar-refractivity contribution in [2.45, 2.75) is 58.0 Å². The van der Waals surface area contributed by atoms with Crippen molar-refractivity contribution in [2.24, 2.45) is 5.92 Å². The van der Waals surface area contributed by atoms with Crippen molar-refractivity contribution in [1.29, 1.82) is 0 Å². The van der Waals surface area contributed by atoms with E-state index in [1.165, 1.54) is 30.0 Å². The molecule has 1 aliphatic carbocycles. The minimum Gasteiger partial charge on any atom is -0.356 e. The maximum Gasteiger partial charge on any atom is 0.262 e. The lowest BCUT2D eigenvalue weighted by Crippen LogP contribution is -2.48. The van der Waals surface area contributed by atoms with Crippen LogP contribution in [0.3, 0.4) is 0 Å². The first-order chi connectivity index (χ1) is 18.5. The number of benzene rings is 3. The molecule has 2 aliphatic rings. The van der Waals surface area contributed by atoms with Crippen LogP contribution in [0.25, 0.3) is 22.5 Å². The highest BCUT2D eigenvalue weighted by Gasteiger charge is 2.43. The van der Waals surface area contributed by atoms with Crippen molar-refractivity contribution < 1.29 is 4.79 Å². The standard InChI is InChI=1S/C33H35N3OS/c1-22-11-7-10-16-30(22)36-32(37)31(38-33(36)34-28-14-5-4-6-15-28)21-27-19-23(2)35(24(27)3)29-18-17-25-12-8-9-13-26(25)20-29/h4-6,8-9,12-15,17-22,30,33-34H,7,10-11,16H2,1-3H3/b31-21-/t22-,30+,33?/m1/s1. The summed E-state index contributed by atoms with van der Waals surface area (Å²) >= 11 is 1.65. The van der Waals surface area contributed by atoms with Gasteiger partial charge in [-0.3, -0.25) is 4.79 Å². The Morgan fingerprint density at radius 2 is 1.63 bits per heavy atom. The fourth-order valence-electron chi connectivity index (χ4n) is 6.16. The summed E-state index contributed by atoms with van der Waals surface area (Å²) in [5.41, 5.74) is 5.50. The van der Waals surface area contributed by atoms with Gasteiger partial charge in [0.05, 0.1) is 4.91 Å². The van der Waals surface area contributed by atoms with Crippen LogP contribution in [0.4, 0.5) is 5.69 Å². The fraction of sp³-hybridized carbons (Fsp3) is 0.303. The first-order valence-electron chi connectivity index (χ1n) is 13.7. The van der Waals surface area contributed by atoms with E-state index in [0.29, 0.717) is 5.92 Å². The summed E-state index contributed by atoms with van der Waals surface area (Å²) in [4.78, 5) is 16.9. The Balaban J connectivity index is 1.35. The minimum atomic E-state index is -0.106. The molecule has 4 nitrogen and oxygen atoms in total. The van der Waals surface area contributed by atoms with E-state index in [1.807, 2.05) is 18.2 Å². The van der Waals surface area contributed by atoms with Crippen molar-refractivity contribution in [3.05, 3.63) is 101 Å². The number of aromatic nitrogens is 1. The largest absolute Gasteiger partial charge is 0.356 e. The first kappa shape index (κ1) is 24.9. The third kappa shape index (κ3) is 4.64. The highest BCUT2D eigenvalue weighted by Crippen LogP contribution is 2.42. The molecule has 3 aromatic carbocycles. The SMILES string of the molecule is Cc1cc(/C=C2\SC(Nc3ccccc3)N([C@H]3CCCC[C@H]3C)C2=O)c(C)n1-c1ccc2ccccc2c1. The zero-order valence-electron chi connectivity index (χ0n) is 22.4. The quantitative estimate of drug-likeness (QED) is 0.269. The summed E-state index contributed by atoms with van der Waals surface area (Å²) in [6.45, 7) is 6.60. The van der Waals surface area contributed by atoms with Gasteiger partial charge in [-0.25, -0.2) is 0 Å². The normalized spacial score (nSPS) is 22.9. The molecule has 0 bridgehead atoms. The molecule has 1 aliphatic heterocycles. The van der Waals surface area contributed by atoms with Gasteiger partial charge < -0.3 is 14.8 Å². The summed E-state index contributed by atoms with van der Waals surface area (Å²) in [5.74, 6) is 0.656. The minimum absolute atomic E-state index is 0.106. The first-order valence-corrected chi connectivity index (χ1v) is 14.6. The highest BCUT2D eigenvalue weighted by atomic mass is 32.2. The molecule has 0 radical (unpaired) electrons. The molecule has 2 heterocycles. The van der Waals surface area contributed by atoms with Gasteiger partial charge in [-0.15, -0.1) is 0 Å². The van der Waals surface area contributed by atoms with Crippen molar-refractivity contribution in [1.82, 2.24) is 9.47 Å². The van der Waals surface area contributed by atoms with Crippen LogP contribution in [0, 0.1) is 19.8 Å². The topological polar surface area (TPSA) is 37.3 Å². The lowest BCUT2D eigenvalue weighted by molar-refractivity contribution is -0.129. The van der Waals surface area contributed by atoms with Crippen molar-refractivity contribution in [3.63, 3.8) is 0 Å². The molecular formula is C33H35N3OS. The lowest BCUT2D eigenvalue weighted by Gasteiger charge is -2.39. The smallest absolute Gasteiger partial charge is 0.262 e. The predicted molar refractivity (Wildman–Crippen MR) is 160 cm³/mol. The second kappa shape index (κ2) is 10.4. The van der Waals surface area contributed by atoms with Crippen molar-refractivity contribution >= 4 is 40.2 Å². The van der Waals surface area contributed by atoms with E-state index in [0.717, 1.165) is 39.7 Å². The molecule has 3 atom stereocenters. The van der Waals surface area contributed by atoms with Crippen LogP contribution in [-0.2, 0) is 4.79 Å². The molecule has 6 rings (SSSR count). The Kier molecular flexibility index (Phi) is 6.79. The molecule has 1 saturated heterocycles. The van der Waals surface area contributed by atoms with E-state index >= 15 is 0 Å². The van der Waals surface area contributed by atoms with Crippen LogP contribution in [0.5, 0.6) is 0 Å². The molecule has 194 valence electrons. The number of amides is 1. The van der Waals surface area contributed by atoms with Gasteiger partial charge in [0.15, 0.2) is 5.50 Å². The van der Waals surface area contributed by atoms with Crippen LogP contribution in [0.1, 0.15) is 49.6 Å². The number of nitrogens with zero attached hydrogens (tertiary/aromatic N) is 2. The summed E-state index contributed by atoms with van der Waals surface area (Å²) in [6, 6.07) is 27.8. The molecule has 1 saturated carbocycles. The van der Waals surface area contributed by atoms with Gasteiger partial charge in [0.1, 0.15) is 0 Å². The number of anilines is 1. The number of fused-ring (bicyclic) bond motifs is 1. The monoisotopic (exact) mass is 521 g/mol. The Morgan fingerprint density at radius 3 is 2.42 bits per heavy atom. The van der Waals surface area contributed by atoms with E-state index in [-0.39, 0.29) is 17.4 Å².